The molecule has 5 rings (SSSR count). The van der Waals surface area contributed by atoms with Gasteiger partial charge in [-0.2, -0.15) is 0 Å². The van der Waals surface area contributed by atoms with E-state index in [-0.39, 0.29) is 42.0 Å². The van der Waals surface area contributed by atoms with Crippen LogP contribution in [0.2, 0.25) is 0 Å². The Balaban J connectivity index is 1.49. The summed E-state index contributed by atoms with van der Waals surface area (Å²) >= 11 is 0. The van der Waals surface area contributed by atoms with Crippen molar-refractivity contribution in [2.24, 2.45) is 22.7 Å². The number of ether oxygens (including phenoxy) is 2. The highest BCUT2D eigenvalue weighted by Gasteiger charge is 2.54. The van der Waals surface area contributed by atoms with E-state index in [0.717, 1.165) is 0 Å². The predicted molar refractivity (Wildman–Crippen MR) is 118 cm³/mol. The van der Waals surface area contributed by atoms with Gasteiger partial charge in [0.05, 0.1) is 18.6 Å². The second-order valence-electron chi connectivity index (χ2n) is 8.70. The van der Waals surface area contributed by atoms with Crippen LogP contribution in [0.4, 0.5) is 4.39 Å². The zero-order chi connectivity index (χ0) is 22.5. The Kier molecular flexibility index (Phi) is 4.97. The predicted octanol–water partition coefficient (Wildman–Crippen LogP) is 3.11. The smallest absolute Gasteiger partial charge is 0.235 e. The van der Waals surface area contributed by atoms with Gasteiger partial charge in [0, 0.05) is 30.7 Å². The van der Waals surface area contributed by atoms with E-state index in [0.29, 0.717) is 18.1 Å². The lowest BCUT2D eigenvalue weighted by atomic mass is 9.72. The number of halogens is 1. The first-order chi connectivity index (χ1) is 15.4. The van der Waals surface area contributed by atoms with Crippen molar-refractivity contribution in [3.05, 3.63) is 65.8 Å². The van der Waals surface area contributed by atoms with Crippen LogP contribution in [0, 0.1) is 29.0 Å². The Morgan fingerprint density at radius 3 is 2.91 bits per heavy atom. The van der Waals surface area contributed by atoms with Crippen LogP contribution >= 0.6 is 0 Å². The maximum Gasteiger partial charge on any atom is 0.235 e. The summed E-state index contributed by atoms with van der Waals surface area (Å²) in [5.41, 5.74) is -0.931. The van der Waals surface area contributed by atoms with Crippen LogP contribution in [-0.2, 0) is 15.1 Å². The maximum atomic E-state index is 15.2. The zero-order valence-electron chi connectivity index (χ0n) is 17.9. The number of guanidine groups is 1. The minimum atomic E-state index is -1.18. The van der Waals surface area contributed by atoms with Gasteiger partial charge in [0.15, 0.2) is 5.96 Å². The number of carbonyl (C=O) groups excluding carboxylic acids is 1. The van der Waals surface area contributed by atoms with E-state index < -0.39 is 17.3 Å². The molecule has 0 spiro atoms. The van der Waals surface area contributed by atoms with Gasteiger partial charge in [-0.05, 0) is 37.6 Å². The third-order valence-corrected chi connectivity index (χ3v) is 6.64. The lowest BCUT2D eigenvalue weighted by molar-refractivity contribution is -0.148. The fourth-order valence-corrected chi connectivity index (χ4v) is 4.80. The lowest BCUT2D eigenvalue weighted by Gasteiger charge is -2.51. The second-order valence-corrected chi connectivity index (χ2v) is 8.70. The first-order valence-electron chi connectivity index (χ1n) is 10.7. The van der Waals surface area contributed by atoms with Crippen LogP contribution in [0.15, 0.2) is 59.5 Å². The molecule has 7 nitrogen and oxygen atoms in total. The van der Waals surface area contributed by atoms with Crippen molar-refractivity contribution in [1.29, 1.82) is 5.41 Å². The summed E-state index contributed by atoms with van der Waals surface area (Å²) in [7, 11) is 1.55. The minimum Gasteiger partial charge on any atom is -0.439 e. The third-order valence-electron chi connectivity index (χ3n) is 6.64. The van der Waals surface area contributed by atoms with E-state index in [2.05, 4.69) is 22.5 Å². The van der Waals surface area contributed by atoms with Gasteiger partial charge in [-0.1, -0.05) is 24.3 Å². The van der Waals surface area contributed by atoms with Crippen molar-refractivity contribution < 1.29 is 18.7 Å². The first-order valence-corrected chi connectivity index (χ1v) is 10.7. The topological polar surface area (TPSA) is 87.0 Å². The molecule has 1 aromatic rings. The standard InChI is InChI=1S/C24H25FN4O3/c1-14-9-19-22(30)29(2)23(26)28-24(19,13-31-14)18-11-17(7-8-20(18)25)32-21-10-15-5-3-4-6-16(15)12-27-21/h3-8,10-12,14-16,19H,9,13H2,1-2H3,(H2,26,28)/t14-,15?,16?,19-,24+/m0/s1. The molecule has 0 radical (unpaired) electrons. The van der Waals surface area contributed by atoms with Gasteiger partial charge in [0.2, 0.25) is 11.8 Å². The number of amides is 1. The van der Waals surface area contributed by atoms with E-state index in [1.165, 1.54) is 17.0 Å². The largest absolute Gasteiger partial charge is 0.439 e. The van der Waals surface area contributed by atoms with Gasteiger partial charge >= 0.3 is 0 Å². The van der Waals surface area contributed by atoms with Crippen molar-refractivity contribution >= 4 is 18.1 Å². The molecule has 3 heterocycles. The van der Waals surface area contributed by atoms with Gasteiger partial charge in [0.1, 0.15) is 17.1 Å². The second kappa shape index (κ2) is 7.70. The normalized spacial score (nSPS) is 33.3. The van der Waals surface area contributed by atoms with Crippen molar-refractivity contribution in [3.8, 4) is 5.75 Å². The molecule has 8 heteroatoms. The van der Waals surface area contributed by atoms with Crippen molar-refractivity contribution in [1.82, 2.24) is 10.2 Å². The van der Waals surface area contributed by atoms with Crippen LogP contribution in [0.5, 0.6) is 5.75 Å². The van der Waals surface area contributed by atoms with E-state index in [1.54, 1.807) is 13.1 Å². The Morgan fingerprint density at radius 2 is 2.09 bits per heavy atom. The molecule has 0 saturated carbocycles. The van der Waals surface area contributed by atoms with Gasteiger partial charge in [-0.25, -0.2) is 9.38 Å². The SMILES string of the molecule is C[C@H]1C[C@H]2C(=O)N(C)C(=N)N[C@@]2(c2cc(OC3=CC4C=CC=CC4C=N3)ccc2F)CO1. The van der Waals surface area contributed by atoms with Crippen LogP contribution in [0.25, 0.3) is 0 Å². The van der Waals surface area contributed by atoms with Crippen molar-refractivity contribution in [2.45, 2.75) is 25.0 Å². The highest BCUT2D eigenvalue weighted by Crippen LogP contribution is 2.43. The molecule has 2 fully saturated rings. The number of fused-ring (bicyclic) bond motifs is 2. The quantitative estimate of drug-likeness (QED) is 0.762. The molecule has 32 heavy (non-hydrogen) atoms. The molecule has 0 bridgehead atoms. The number of allylic oxidation sites excluding steroid dienone is 5. The monoisotopic (exact) mass is 436 g/mol. The average Bonchev–Trinajstić information content (AvgIpc) is 2.79. The maximum absolute atomic E-state index is 15.2. The summed E-state index contributed by atoms with van der Waals surface area (Å²) in [6.07, 6.45) is 12.2. The van der Waals surface area contributed by atoms with Gasteiger partial charge in [-0.3, -0.25) is 15.1 Å². The van der Waals surface area contributed by atoms with Crippen LogP contribution in [-0.4, -0.2) is 42.7 Å². The number of nitrogens with zero attached hydrogens (tertiary/aromatic N) is 2. The van der Waals surface area contributed by atoms with E-state index in [1.807, 2.05) is 31.4 Å². The summed E-state index contributed by atoms with van der Waals surface area (Å²) < 4.78 is 27.0. The van der Waals surface area contributed by atoms with Crippen LogP contribution in [0.3, 0.4) is 0 Å². The molecule has 1 aromatic carbocycles. The van der Waals surface area contributed by atoms with E-state index in [4.69, 9.17) is 14.9 Å². The molecule has 2 unspecified atom stereocenters. The third kappa shape index (κ3) is 3.35. The first kappa shape index (κ1) is 20.6. The number of hydrogen-bond donors (Lipinski definition) is 2. The van der Waals surface area contributed by atoms with E-state index in [9.17, 15) is 4.79 Å². The van der Waals surface area contributed by atoms with Crippen molar-refractivity contribution in [2.75, 3.05) is 13.7 Å². The highest BCUT2D eigenvalue weighted by atomic mass is 19.1. The summed E-state index contributed by atoms with van der Waals surface area (Å²) in [6.45, 7) is 1.96. The zero-order valence-corrected chi connectivity index (χ0v) is 17.9. The molecular weight excluding hydrogens is 411 g/mol. The number of hydrogen-bond acceptors (Lipinski definition) is 5. The van der Waals surface area contributed by atoms with Gasteiger partial charge < -0.3 is 14.8 Å². The molecule has 1 aliphatic carbocycles. The van der Waals surface area contributed by atoms with Gasteiger partial charge in [-0.15, -0.1) is 0 Å². The molecule has 1 amide bonds. The molecule has 2 saturated heterocycles. The number of aliphatic imine (C=N–C) groups is 1. The average molecular weight is 436 g/mol. The molecule has 0 aromatic heterocycles. The molecular formula is C24H25FN4O3. The number of rotatable bonds is 3. The summed E-state index contributed by atoms with van der Waals surface area (Å²) in [5, 5.41) is 11.3. The molecule has 3 aliphatic heterocycles. The fraction of sp³-hybridized carbons (Fsp3) is 0.375. The van der Waals surface area contributed by atoms with Gasteiger partial charge in [0.25, 0.3) is 0 Å². The molecule has 2 N–H and O–H groups in total. The van der Waals surface area contributed by atoms with Crippen LogP contribution < -0.4 is 10.1 Å². The van der Waals surface area contributed by atoms with E-state index >= 15 is 4.39 Å². The minimum absolute atomic E-state index is 0.0723. The number of carbonyl (C=O) groups is 1. The Labute approximate surface area is 185 Å². The highest BCUT2D eigenvalue weighted by molar-refractivity contribution is 6.00. The molecule has 5 atom stereocenters. The summed E-state index contributed by atoms with van der Waals surface area (Å²) in [6, 6.07) is 4.44. The lowest BCUT2D eigenvalue weighted by Crippen LogP contribution is -2.69. The number of benzene rings is 1. The Bertz CT molecular complexity index is 1090. The van der Waals surface area contributed by atoms with Crippen LogP contribution in [0.1, 0.15) is 18.9 Å². The molecule has 166 valence electrons. The number of nitrogens with one attached hydrogen (secondary N) is 2. The summed E-state index contributed by atoms with van der Waals surface area (Å²) in [5.74, 6) is -0.150. The molecule has 4 aliphatic rings. The Hall–Kier alpha value is -3.26. The fourth-order valence-electron chi connectivity index (χ4n) is 4.80. The Morgan fingerprint density at radius 1 is 1.31 bits per heavy atom. The van der Waals surface area contributed by atoms with Crippen molar-refractivity contribution in [3.63, 3.8) is 0 Å². The summed E-state index contributed by atoms with van der Waals surface area (Å²) in [4.78, 5) is 18.7.